The van der Waals surface area contributed by atoms with Gasteiger partial charge in [-0.15, -0.1) is 0 Å². The van der Waals surface area contributed by atoms with Crippen molar-refractivity contribution >= 4 is 41.2 Å². The summed E-state index contributed by atoms with van der Waals surface area (Å²) >= 11 is 5.99. The monoisotopic (exact) mass is 672 g/mol. The van der Waals surface area contributed by atoms with Gasteiger partial charge in [0.2, 0.25) is 17.7 Å². The standard InChI is InChI=1S/C34H49ClN6O6/c1-21(2)20-29(34(46)47)41-30(42)22(3)38-32(44)27(8-4-6-18-36)40-33(45)28(9-5-7-19-37)39-31(43)25-12-10-23(11-13-25)24-14-16-26(35)17-15-24/h10-17,21-22,27-29H,4-9,18-20,36-37H2,1-3H3,(H,38,44)(H,39,43)(H,40,45)(H,41,42)(H,46,47)/t22-,27-,28-,29-/m0/s1. The van der Waals surface area contributed by atoms with Crippen LogP contribution < -0.4 is 32.7 Å². The molecule has 9 N–H and O–H groups in total. The van der Waals surface area contributed by atoms with Gasteiger partial charge < -0.3 is 37.8 Å². The van der Waals surface area contributed by atoms with E-state index in [0.29, 0.717) is 55.8 Å². The molecule has 0 heterocycles. The lowest BCUT2D eigenvalue weighted by atomic mass is 10.0. The number of rotatable bonds is 20. The first-order chi connectivity index (χ1) is 22.4. The fraction of sp³-hybridized carbons (Fsp3) is 0.500. The average molecular weight is 673 g/mol. The Kier molecular flexibility index (Phi) is 16.9. The summed E-state index contributed by atoms with van der Waals surface area (Å²) in [6, 6.07) is 10.1. The van der Waals surface area contributed by atoms with Crippen molar-refractivity contribution < 1.29 is 29.1 Å². The highest BCUT2D eigenvalue weighted by Crippen LogP contribution is 2.22. The van der Waals surface area contributed by atoms with Crippen LogP contribution >= 0.6 is 11.6 Å². The van der Waals surface area contributed by atoms with Gasteiger partial charge in [-0.1, -0.05) is 49.7 Å². The summed E-state index contributed by atoms with van der Waals surface area (Å²) in [4.78, 5) is 64.4. The zero-order valence-corrected chi connectivity index (χ0v) is 28.1. The van der Waals surface area contributed by atoms with Crippen LogP contribution in [0.15, 0.2) is 48.5 Å². The second kappa shape index (κ2) is 20.3. The molecule has 0 unspecified atom stereocenters. The van der Waals surface area contributed by atoms with Crippen LogP contribution in [0.1, 0.15) is 76.1 Å². The maximum atomic E-state index is 13.5. The van der Waals surface area contributed by atoms with Crippen LogP contribution in [0.3, 0.4) is 0 Å². The minimum Gasteiger partial charge on any atom is -0.480 e. The smallest absolute Gasteiger partial charge is 0.326 e. The lowest BCUT2D eigenvalue weighted by molar-refractivity contribution is -0.142. The molecule has 47 heavy (non-hydrogen) atoms. The lowest BCUT2D eigenvalue weighted by Crippen LogP contribution is -2.57. The molecule has 258 valence electrons. The summed E-state index contributed by atoms with van der Waals surface area (Å²) in [5.41, 5.74) is 13.5. The largest absolute Gasteiger partial charge is 0.480 e. The second-order valence-corrected chi connectivity index (χ2v) is 12.4. The number of halogens is 1. The van der Waals surface area contributed by atoms with E-state index in [0.717, 1.165) is 11.1 Å². The summed E-state index contributed by atoms with van der Waals surface area (Å²) in [7, 11) is 0. The Hall–Kier alpha value is -4.00. The number of nitrogens with two attached hydrogens (primary N) is 2. The van der Waals surface area contributed by atoms with Gasteiger partial charge in [-0.3, -0.25) is 19.2 Å². The molecule has 13 heteroatoms. The SMILES string of the molecule is CC(C)C[C@H](NC(=O)[C@H](C)NC(=O)[C@H](CCCCN)NC(=O)[C@H](CCCCN)NC(=O)c1ccc(-c2ccc(Cl)cc2)cc1)C(=O)O. The number of hydrogen-bond donors (Lipinski definition) is 7. The minimum absolute atomic E-state index is 0.0236. The number of aliphatic carboxylic acids is 1. The maximum absolute atomic E-state index is 13.5. The predicted octanol–water partition coefficient (Wildman–Crippen LogP) is 2.97. The molecule has 4 amide bonds. The van der Waals surface area contributed by atoms with E-state index in [1.165, 1.54) is 6.92 Å². The zero-order valence-electron chi connectivity index (χ0n) is 27.4. The van der Waals surface area contributed by atoms with Gasteiger partial charge in [0.15, 0.2) is 0 Å². The van der Waals surface area contributed by atoms with Gasteiger partial charge >= 0.3 is 5.97 Å². The number of carbonyl (C=O) groups is 5. The molecular formula is C34H49ClN6O6. The molecule has 0 aliphatic carbocycles. The summed E-state index contributed by atoms with van der Waals surface area (Å²) in [6.45, 7) is 5.92. The van der Waals surface area contributed by atoms with Crippen LogP contribution in [0.5, 0.6) is 0 Å². The van der Waals surface area contributed by atoms with Gasteiger partial charge in [-0.2, -0.15) is 0 Å². The Morgan fingerprint density at radius 2 is 1.13 bits per heavy atom. The van der Waals surface area contributed by atoms with E-state index in [1.54, 1.807) is 36.4 Å². The van der Waals surface area contributed by atoms with Crippen molar-refractivity contribution in [2.45, 2.75) is 89.9 Å². The van der Waals surface area contributed by atoms with E-state index >= 15 is 0 Å². The van der Waals surface area contributed by atoms with Crippen molar-refractivity contribution in [3.8, 4) is 11.1 Å². The van der Waals surface area contributed by atoms with Crippen molar-refractivity contribution in [3.05, 3.63) is 59.1 Å². The molecule has 2 aromatic carbocycles. The fourth-order valence-electron chi connectivity index (χ4n) is 4.86. The molecule has 0 saturated carbocycles. The van der Waals surface area contributed by atoms with Crippen LogP contribution in [0.4, 0.5) is 0 Å². The highest BCUT2D eigenvalue weighted by atomic mass is 35.5. The normalized spacial score (nSPS) is 13.6. The van der Waals surface area contributed by atoms with E-state index in [2.05, 4.69) is 21.3 Å². The molecule has 4 atom stereocenters. The van der Waals surface area contributed by atoms with Crippen LogP contribution in [0.2, 0.25) is 5.02 Å². The minimum atomic E-state index is -1.17. The molecule has 2 rings (SSSR count). The van der Waals surface area contributed by atoms with Gasteiger partial charge in [0, 0.05) is 10.6 Å². The van der Waals surface area contributed by atoms with Crippen molar-refractivity contribution in [1.29, 1.82) is 0 Å². The molecule has 0 radical (unpaired) electrons. The quantitative estimate of drug-likeness (QED) is 0.104. The molecule has 0 fully saturated rings. The van der Waals surface area contributed by atoms with Gasteiger partial charge in [0.25, 0.3) is 5.91 Å². The first-order valence-corrected chi connectivity index (χ1v) is 16.4. The Morgan fingerprint density at radius 3 is 1.62 bits per heavy atom. The lowest BCUT2D eigenvalue weighted by Gasteiger charge is -2.25. The van der Waals surface area contributed by atoms with Crippen molar-refractivity contribution in [1.82, 2.24) is 21.3 Å². The highest BCUT2D eigenvalue weighted by molar-refractivity contribution is 6.30. The number of carbonyl (C=O) groups excluding carboxylic acids is 4. The van der Waals surface area contributed by atoms with E-state index in [9.17, 15) is 29.1 Å². The third-order valence-electron chi connectivity index (χ3n) is 7.55. The first kappa shape index (κ1) is 39.2. The zero-order chi connectivity index (χ0) is 34.9. The number of benzene rings is 2. The number of nitrogens with one attached hydrogen (secondary N) is 4. The number of unbranched alkanes of at least 4 members (excludes halogenated alkanes) is 2. The van der Waals surface area contributed by atoms with Crippen LogP contribution in [-0.4, -0.2) is 72.0 Å². The average Bonchev–Trinajstić information content (AvgIpc) is 3.03. The molecular weight excluding hydrogens is 624 g/mol. The summed E-state index contributed by atoms with van der Waals surface area (Å²) < 4.78 is 0. The molecule has 0 aliphatic rings. The third-order valence-corrected chi connectivity index (χ3v) is 7.80. The predicted molar refractivity (Wildman–Crippen MR) is 183 cm³/mol. The molecule has 0 bridgehead atoms. The third kappa shape index (κ3) is 13.7. The van der Waals surface area contributed by atoms with Crippen LogP contribution in [-0.2, 0) is 19.2 Å². The van der Waals surface area contributed by atoms with E-state index in [-0.39, 0.29) is 18.8 Å². The number of carboxylic acids is 1. The first-order valence-electron chi connectivity index (χ1n) is 16.1. The van der Waals surface area contributed by atoms with Crippen LogP contribution in [0.25, 0.3) is 11.1 Å². The Balaban J connectivity index is 2.15. The van der Waals surface area contributed by atoms with Crippen molar-refractivity contribution in [3.63, 3.8) is 0 Å². The van der Waals surface area contributed by atoms with Crippen molar-refractivity contribution in [2.24, 2.45) is 17.4 Å². The number of hydrogen-bond acceptors (Lipinski definition) is 7. The molecule has 0 spiro atoms. The Bertz CT molecular complexity index is 1320. The number of amides is 4. The summed E-state index contributed by atoms with van der Waals surface area (Å²) in [6.07, 6.45) is 3.08. The Morgan fingerprint density at radius 1 is 0.660 bits per heavy atom. The fourth-order valence-corrected chi connectivity index (χ4v) is 4.99. The van der Waals surface area contributed by atoms with E-state index < -0.39 is 53.8 Å². The summed E-state index contributed by atoms with van der Waals surface area (Å²) in [5.74, 6) is -3.43. The van der Waals surface area contributed by atoms with Gasteiger partial charge in [0.05, 0.1) is 0 Å². The van der Waals surface area contributed by atoms with Gasteiger partial charge in [-0.05, 0) is 106 Å². The van der Waals surface area contributed by atoms with Gasteiger partial charge in [-0.25, -0.2) is 4.79 Å². The van der Waals surface area contributed by atoms with Crippen molar-refractivity contribution in [2.75, 3.05) is 13.1 Å². The van der Waals surface area contributed by atoms with E-state index in [4.69, 9.17) is 23.1 Å². The van der Waals surface area contributed by atoms with E-state index in [1.807, 2.05) is 26.0 Å². The maximum Gasteiger partial charge on any atom is 0.326 e. The molecule has 12 nitrogen and oxygen atoms in total. The topological polar surface area (TPSA) is 206 Å². The molecule has 2 aromatic rings. The highest BCUT2D eigenvalue weighted by Gasteiger charge is 2.30. The Labute approximate surface area is 281 Å². The van der Waals surface area contributed by atoms with Crippen LogP contribution in [0, 0.1) is 5.92 Å². The van der Waals surface area contributed by atoms with Gasteiger partial charge in [0.1, 0.15) is 24.2 Å². The molecule has 0 aliphatic heterocycles. The number of carboxylic acid groups (broad SMARTS) is 1. The molecule has 0 saturated heterocycles. The summed E-state index contributed by atoms with van der Waals surface area (Å²) in [5, 5.41) is 20.7. The molecule has 0 aromatic heterocycles. The second-order valence-electron chi connectivity index (χ2n) is 12.0.